The van der Waals surface area contributed by atoms with Gasteiger partial charge in [0.1, 0.15) is 6.54 Å². The molecule has 0 bridgehead atoms. The van der Waals surface area contributed by atoms with E-state index in [4.69, 9.17) is 4.74 Å². The number of anilines is 1. The van der Waals surface area contributed by atoms with Crippen LogP contribution in [0.1, 0.15) is 48.9 Å². The number of nitrogens with one attached hydrogen (secondary N) is 1. The summed E-state index contributed by atoms with van der Waals surface area (Å²) < 4.78 is 5.14. The first kappa shape index (κ1) is 18.1. The third-order valence-electron chi connectivity index (χ3n) is 4.68. The Bertz CT molecular complexity index is 713. The first-order chi connectivity index (χ1) is 12.5. The maximum absolute atomic E-state index is 12.1. The Labute approximate surface area is 151 Å². The van der Waals surface area contributed by atoms with Crippen LogP contribution in [0.15, 0.2) is 24.3 Å². The third kappa shape index (κ3) is 4.28. The predicted octanol–water partition coefficient (Wildman–Crippen LogP) is 1.60. The van der Waals surface area contributed by atoms with Crippen molar-refractivity contribution in [3.8, 4) is 0 Å². The summed E-state index contributed by atoms with van der Waals surface area (Å²) in [7, 11) is 0. The minimum Gasteiger partial charge on any atom is -0.453 e. The van der Waals surface area contributed by atoms with Crippen LogP contribution in [0.2, 0.25) is 0 Å². The van der Waals surface area contributed by atoms with Crippen LogP contribution in [0.25, 0.3) is 0 Å². The number of ether oxygens (including phenoxy) is 1. The van der Waals surface area contributed by atoms with Crippen LogP contribution in [0.3, 0.4) is 0 Å². The second-order valence-electron chi connectivity index (χ2n) is 6.57. The molecule has 1 saturated carbocycles. The lowest BCUT2D eigenvalue weighted by Crippen LogP contribution is -2.36. The zero-order chi connectivity index (χ0) is 18.5. The zero-order valence-electron chi connectivity index (χ0n) is 14.5. The SMILES string of the molecule is O=C(CNC(=O)c1ccc(N2CCCC2=O)cc1)O[C@H]1CCCCC1=O. The monoisotopic (exact) mass is 358 g/mol. The first-order valence-electron chi connectivity index (χ1n) is 8.95. The molecule has 3 rings (SSSR count). The summed E-state index contributed by atoms with van der Waals surface area (Å²) in [5.41, 5.74) is 1.15. The van der Waals surface area contributed by atoms with Gasteiger partial charge in [-0.15, -0.1) is 0 Å². The molecule has 1 aromatic carbocycles. The van der Waals surface area contributed by atoms with Gasteiger partial charge in [0.2, 0.25) is 5.91 Å². The molecule has 0 unspecified atom stereocenters. The Balaban J connectivity index is 1.49. The Morgan fingerprint density at radius 3 is 2.50 bits per heavy atom. The zero-order valence-corrected chi connectivity index (χ0v) is 14.5. The van der Waals surface area contributed by atoms with E-state index in [1.807, 2.05) is 0 Å². The van der Waals surface area contributed by atoms with Gasteiger partial charge in [-0.25, -0.2) is 0 Å². The topological polar surface area (TPSA) is 92.8 Å². The van der Waals surface area contributed by atoms with Crippen molar-refractivity contribution < 1.29 is 23.9 Å². The van der Waals surface area contributed by atoms with E-state index < -0.39 is 18.0 Å². The molecule has 2 aliphatic rings. The first-order valence-corrected chi connectivity index (χ1v) is 8.95. The van der Waals surface area contributed by atoms with Gasteiger partial charge in [-0.2, -0.15) is 0 Å². The van der Waals surface area contributed by atoms with Crippen LogP contribution in [-0.2, 0) is 19.1 Å². The summed E-state index contributed by atoms with van der Waals surface area (Å²) >= 11 is 0. The van der Waals surface area contributed by atoms with Gasteiger partial charge in [0.25, 0.3) is 5.91 Å². The molecule has 0 radical (unpaired) electrons. The lowest BCUT2D eigenvalue weighted by Gasteiger charge is -2.20. The Morgan fingerprint density at radius 1 is 1.08 bits per heavy atom. The van der Waals surface area contributed by atoms with E-state index in [1.54, 1.807) is 29.2 Å². The average molecular weight is 358 g/mol. The molecule has 1 aliphatic heterocycles. The highest BCUT2D eigenvalue weighted by Crippen LogP contribution is 2.21. The molecule has 7 nitrogen and oxygen atoms in total. The number of carbonyl (C=O) groups is 4. The molecule has 1 heterocycles. The number of Topliss-reactive ketones (excluding diaryl/α,β-unsaturated/α-hetero) is 1. The number of hydrogen-bond acceptors (Lipinski definition) is 5. The van der Waals surface area contributed by atoms with Crippen molar-refractivity contribution in [2.75, 3.05) is 18.0 Å². The summed E-state index contributed by atoms with van der Waals surface area (Å²) in [6.45, 7) is 0.408. The Hall–Kier alpha value is -2.70. The van der Waals surface area contributed by atoms with Gasteiger partial charge in [-0.1, -0.05) is 0 Å². The minimum absolute atomic E-state index is 0.0528. The fraction of sp³-hybridized carbons (Fsp3) is 0.474. The molecular weight excluding hydrogens is 336 g/mol. The van der Waals surface area contributed by atoms with Crippen molar-refractivity contribution in [3.63, 3.8) is 0 Å². The largest absolute Gasteiger partial charge is 0.453 e. The smallest absolute Gasteiger partial charge is 0.326 e. The molecule has 7 heteroatoms. The van der Waals surface area contributed by atoms with Crippen molar-refractivity contribution in [3.05, 3.63) is 29.8 Å². The van der Waals surface area contributed by atoms with Gasteiger partial charge in [-0.05, 0) is 49.9 Å². The van der Waals surface area contributed by atoms with Gasteiger partial charge in [0.15, 0.2) is 11.9 Å². The summed E-state index contributed by atoms with van der Waals surface area (Å²) in [6, 6.07) is 6.67. The maximum Gasteiger partial charge on any atom is 0.326 e. The van der Waals surface area contributed by atoms with Gasteiger partial charge in [0, 0.05) is 30.6 Å². The molecule has 0 aromatic heterocycles. The Kier molecular flexibility index (Phi) is 5.65. The number of nitrogens with zero attached hydrogens (tertiary/aromatic N) is 1. The van der Waals surface area contributed by atoms with Gasteiger partial charge >= 0.3 is 5.97 Å². The number of rotatable bonds is 5. The summed E-state index contributed by atoms with van der Waals surface area (Å²) in [5, 5.41) is 2.50. The highest BCUT2D eigenvalue weighted by atomic mass is 16.5. The van der Waals surface area contributed by atoms with E-state index in [0.717, 1.165) is 24.9 Å². The highest BCUT2D eigenvalue weighted by Gasteiger charge is 2.26. The molecular formula is C19H22N2O5. The average Bonchev–Trinajstić information content (AvgIpc) is 3.08. The van der Waals surface area contributed by atoms with Crippen LogP contribution < -0.4 is 10.2 Å². The molecule has 26 heavy (non-hydrogen) atoms. The van der Waals surface area contributed by atoms with Gasteiger partial charge in [0.05, 0.1) is 0 Å². The molecule has 1 N–H and O–H groups in total. The van der Waals surface area contributed by atoms with Crippen molar-refractivity contribution in [2.24, 2.45) is 0 Å². The van der Waals surface area contributed by atoms with Crippen molar-refractivity contribution in [1.29, 1.82) is 0 Å². The normalized spacial score (nSPS) is 20.2. The maximum atomic E-state index is 12.1. The molecule has 1 atom stereocenters. The van der Waals surface area contributed by atoms with Gasteiger partial charge < -0.3 is 15.0 Å². The van der Waals surface area contributed by atoms with Crippen LogP contribution in [0, 0.1) is 0 Å². The number of carbonyl (C=O) groups excluding carboxylic acids is 4. The molecule has 1 saturated heterocycles. The van der Waals surface area contributed by atoms with Crippen LogP contribution in [0.4, 0.5) is 5.69 Å². The fourth-order valence-electron chi connectivity index (χ4n) is 3.24. The van der Waals surface area contributed by atoms with E-state index in [0.29, 0.717) is 31.4 Å². The Morgan fingerprint density at radius 2 is 1.85 bits per heavy atom. The summed E-state index contributed by atoms with van der Waals surface area (Å²) in [6.07, 6.45) is 3.40. The number of ketones is 1. The van der Waals surface area contributed by atoms with E-state index in [1.165, 1.54) is 0 Å². The van der Waals surface area contributed by atoms with Crippen molar-refractivity contribution in [1.82, 2.24) is 5.32 Å². The molecule has 0 spiro atoms. The standard InChI is InChI=1S/C19H22N2O5/c22-15-4-1-2-5-16(15)26-18(24)12-20-19(25)13-7-9-14(10-8-13)21-11-3-6-17(21)23/h7-10,16H,1-6,11-12H2,(H,20,25)/t16-/m0/s1. The van der Waals surface area contributed by atoms with Crippen LogP contribution >= 0.6 is 0 Å². The van der Waals surface area contributed by atoms with Crippen molar-refractivity contribution in [2.45, 2.75) is 44.6 Å². The molecule has 1 aromatic rings. The van der Waals surface area contributed by atoms with Crippen LogP contribution in [-0.4, -0.2) is 42.8 Å². The lowest BCUT2D eigenvalue weighted by molar-refractivity contribution is -0.155. The molecule has 2 amide bonds. The van der Waals surface area contributed by atoms with E-state index >= 15 is 0 Å². The van der Waals surface area contributed by atoms with E-state index in [2.05, 4.69) is 5.32 Å². The highest BCUT2D eigenvalue weighted by molar-refractivity contribution is 5.98. The van der Waals surface area contributed by atoms with Crippen molar-refractivity contribution >= 4 is 29.3 Å². The van der Waals surface area contributed by atoms with Crippen LogP contribution in [0.5, 0.6) is 0 Å². The molecule has 2 fully saturated rings. The lowest BCUT2D eigenvalue weighted by atomic mass is 9.96. The number of esters is 1. The second-order valence-corrected chi connectivity index (χ2v) is 6.57. The summed E-state index contributed by atoms with van der Waals surface area (Å²) in [5.74, 6) is -0.987. The summed E-state index contributed by atoms with van der Waals surface area (Å²) in [4.78, 5) is 49.0. The number of hydrogen-bond donors (Lipinski definition) is 1. The quantitative estimate of drug-likeness (QED) is 0.807. The fourth-order valence-corrected chi connectivity index (χ4v) is 3.24. The third-order valence-corrected chi connectivity index (χ3v) is 4.68. The number of benzene rings is 1. The second kappa shape index (κ2) is 8.12. The molecule has 138 valence electrons. The van der Waals surface area contributed by atoms with E-state index in [-0.39, 0.29) is 18.2 Å². The molecule has 1 aliphatic carbocycles. The predicted molar refractivity (Wildman–Crippen MR) is 93.7 cm³/mol. The van der Waals surface area contributed by atoms with Gasteiger partial charge in [-0.3, -0.25) is 19.2 Å². The van der Waals surface area contributed by atoms with E-state index in [9.17, 15) is 19.2 Å². The number of amides is 2. The minimum atomic E-state index is -0.676.